The number of thiazole rings is 1. The van der Waals surface area contributed by atoms with Gasteiger partial charge in [-0.25, -0.2) is 4.98 Å². The second-order valence-electron chi connectivity index (χ2n) is 6.98. The van der Waals surface area contributed by atoms with Crippen LogP contribution in [-0.4, -0.2) is 52.2 Å². The van der Waals surface area contributed by atoms with Gasteiger partial charge in [0.2, 0.25) is 11.7 Å². The summed E-state index contributed by atoms with van der Waals surface area (Å²) in [6, 6.07) is 6.09. The van der Waals surface area contributed by atoms with Crippen molar-refractivity contribution in [2.75, 3.05) is 19.3 Å². The van der Waals surface area contributed by atoms with E-state index in [1.165, 1.54) is 47.8 Å². The number of anilines is 1. The van der Waals surface area contributed by atoms with E-state index < -0.39 is 17.5 Å². The topological polar surface area (TPSA) is 210 Å². The average Bonchev–Trinajstić information content (AvgIpc) is 3.45. The fourth-order valence-corrected chi connectivity index (χ4v) is 3.45. The number of carbonyl (C=O) groups excluding carboxylic acids is 2. The molecule has 0 radical (unpaired) electrons. The Bertz CT molecular complexity index is 1120. The molecule has 1 amide bonds. The molecule has 0 aliphatic rings. The monoisotopic (exact) mass is 515 g/mol. The van der Waals surface area contributed by atoms with Crippen molar-refractivity contribution < 1.29 is 9.59 Å². The highest BCUT2D eigenvalue weighted by Crippen LogP contribution is 2.11. The summed E-state index contributed by atoms with van der Waals surface area (Å²) in [6.45, 7) is 0.817. The molecule has 0 unspecified atom stereocenters. The number of ketones is 1. The Morgan fingerprint density at radius 1 is 1.22 bits per heavy atom. The molecule has 9 N–H and O–H groups in total. The van der Waals surface area contributed by atoms with Gasteiger partial charge in [-0.1, -0.05) is 0 Å². The quantitative estimate of drug-likeness (QED) is 0.107. The Morgan fingerprint density at radius 3 is 2.53 bits per heavy atom. The van der Waals surface area contributed by atoms with E-state index >= 15 is 0 Å². The van der Waals surface area contributed by atoms with Gasteiger partial charge in [0.15, 0.2) is 5.01 Å². The molecule has 13 heteroatoms. The maximum atomic E-state index is 12.6. The molecule has 3 aromatic heterocycles. The number of nitrogens with two attached hydrogens (primary N) is 4. The normalized spacial score (nSPS) is 11.0. The molecule has 3 aromatic rings. The van der Waals surface area contributed by atoms with E-state index in [-0.39, 0.29) is 18.0 Å². The van der Waals surface area contributed by atoms with Gasteiger partial charge in [-0.15, -0.1) is 11.3 Å². The molecule has 3 rings (SSSR count). The van der Waals surface area contributed by atoms with Crippen molar-refractivity contribution in [3.8, 4) is 0 Å². The number of Topliss-reactive ketones (excluding diaryl/α,β-unsaturated/α-hetero) is 1. The van der Waals surface area contributed by atoms with Crippen LogP contribution in [0.15, 0.2) is 64.2 Å². The number of nitrogens with zero attached hydrogens (tertiary/aromatic N) is 4. The number of amides is 1. The highest BCUT2D eigenvalue weighted by molar-refractivity contribution is 7.11. The van der Waals surface area contributed by atoms with Crippen LogP contribution in [0.2, 0.25) is 0 Å². The Balaban J connectivity index is 0.000000543. The summed E-state index contributed by atoms with van der Waals surface area (Å²) in [7, 11) is 1.50. The number of hydrogen-bond donors (Lipinski definition) is 5. The van der Waals surface area contributed by atoms with Crippen molar-refractivity contribution in [2.45, 2.75) is 32.0 Å². The predicted molar refractivity (Wildman–Crippen MR) is 143 cm³/mol. The van der Waals surface area contributed by atoms with E-state index in [9.17, 15) is 14.4 Å². The molecule has 0 saturated carbocycles. The first-order chi connectivity index (χ1) is 17.5. The second kappa shape index (κ2) is 17.5. The molecule has 0 fully saturated rings. The summed E-state index contributed by atoms with van der Waals surface area (Å²) >= 11 is 1.21. The average molecular weight is 516 g/mol. The standard InChI is InChI=1S/C16H20N6O3S.C6H8N2.CH5N/c17-10-19-5-1-4-12(14(24)15-20-6-8-26-15)21-13(23)9-22-7-2-3-11(18)16(22)25;7-5-6-1-3-8-4-2-6;1-2/h2-3,6-8,10,12H,1,4-5,9,18H2,(H2,17,19)(H,21,23);1-4H,5,7H2;2H2,1H3/t12-;;/m0../s1. The summed E-state index contributed by atoms with van der Waals surface area (Å²) in [5, 5.41) is 4.68. The SMILES string of the molecule is CN.NC=NCCC[C@H](NC(=O)Cn1cccc(N)c1=O)C(=O)c1nccs1.NCc1ccncc1. The first-order valence-electron chi connectivity index (χ1n) is 11.0. The van der Waals surface area contributed by atoms with Gasteiger partial charge < -0.3 is 32.8 Å². The molecule has 0 saturated heterocycles. The van der Waals surface area contributed by atoms with Crippen LogP contribution < -0.4 is 33.8 Å². The number of carbonyl (C=O) groups is 2. The number of rotatable bonds is 10. The van der Waals surface area contributed by atoms with Gasteiger partial charge in [0.05, 0.1) is 18.1 Å². The van der Waals surface area contributed by atoms with Crippen LogP contribution in [-0.2, 0) is 17.9 Å². The Hall–Kier alpha value is -3.94. The molecule has 0 aliphatic heterocycles. The van der Waals surface area contributed by atoms with Crippen molar-refractivity contribution in [3.05, 3.63) is 75.4 Å². The molecule has 12 nitrogen and oxygen atoms in total. The minimum Gasteiger partial charge on any atom is -0.394 e. The van der Waals surface area contributed by atoms with Gasteiger partial charge in [0.1, 0.15) is 6.54 Å². The van der Waals surface area contributed by atoms with Crippen LogP contribution >= 0.6 is 11.3 Å². The largest absolute Gasteiger partial charge is 0.394 e. The van der Waals surface area contributed by atoms with Crippen LogP contribution in [0.4, 0.5) is 5.69 Å². The lowest BCUT2D eigenvalue weighted by molar-refractivity contribution is -0.122. The molecule has 0 aromatic carbocycles. The van der Waals surface area contributed by atoms with E-state index in [0.29, 0.717) is 30.9 Å². The molecular weight excluding hydrogens is 482 g/mol. The zero-order valence-electron chi connectivity index (χ0n) is 20.1. The van der Waals surface area contributed by atoms with Crippen LogP contribution in [0.3, 0.4) is 0 Å². The van der Waals surface area contributed by atoms with Crippen molar-refractivity contribution in [3.63, 3.8) is 0 Å². The molecule has 1 atom stereocenters. The lowest BCUT2D eigenvalue weighted by Crippen LogP contribution is -2.43. The van der Waals surface area contributed by atoms with Gasteiger partial charge in [-0.3, -0.25) is 24.4 Å². The predicted octanol–water partition coefficient (Wildman–Crippen LogP) is 0.137. The lowest BCUT2D eigenvalue weighted by Gasteiger charge is -2.17. The Labute approximate surface area is 213 Å². The minimum atomic E-state index is -0.751. The first kappa shape index (κ1) is 30.1. The van der Waals surface area contributed by atoms with E-state index in [4.69, 9.17) is 17.2 Å². The van der Waals surface area contributed by atoms with Gasteiger partial charge >= 0.3 is 0 Å². The van der Waals surface area contributed by atoms with Crippen molar-refractivity contribution >= 4 is 35.1 Å². The molecule has 36 heavy (non-hydrogen) atoms. The highest BCUT2D eigenvalue weighted by atomic mass is 32.1. The zero-order valence-corrected chi connectivity index (χ0v) is 20.9. The number of hydrogen-bond acceptors (Lipinski definition) is 10. The van der Waals surface area contributed by atoms with Gasteiger partial charge in [-0.05, 0) is 49.7 Å². The smallest absolute Gasteiger partial charge is 0.274 e. The third kappa shape index (κ3) is 10.5. The second-order valence-corrected chi connectivity index (χ2v) is 7.87. The van der Waals surface area contributed by atoms with E-state index in [2.05, 4.69) is 26.0 Å². The van der Waals surface area contributed by atoms with Crippen LogP contribution in [0.5, 0.6) is 0 Å². The highest BCUT2D eigenvalue weighted by Gasteiger charge is 2.24. The fraction of sp³-hybridized carbons (Fsp3) is 0.304. The fourth-order valence-electron chi connectivity index (χ4n) is 2.82. The molecule has 194 valence electrons. The molecule has 3 heterocycles. The molecule has 0 bridgehead atoms. The van der Waals surface area contributed by atoms with Gasteiger partial charge in [0, 0.05) is 43.3 Å². The first-order valence-corrected chi connectivity index (χ1v) is 11.9. The summed E-state index contributed by atoms with van der Waals surface area (Å²) in [4.78, 5) is 48.5. The summed E-state index contributed by atoms with van der Waals surface area (Å²) in [5.41, 5.74) is 21.3. The Kier molecular flexibility index (Phi) is 14.6. The Morgan fingerprint density at radius 2 is 1.94 bits per heavy atom. The van der Waals surface area contributed by atoms with Crippen molar-refractivity contribution in [1.82, 2.24) is 19.9 Å². The van der Waals surface area contributed by atoms with Crippen molar-refractivity contribution in [2.24, 2.45) is 22.2 Å². The van der Waals surface area contributed by atoms with Crippen molar-refractivity contribution in [1.29, 1.82) is 0 Å². The number of aromatic nitrogens is 3. The third-order valence-electron chi connectivity index (χ3n) is 4.53. The minimum absolute atomic E-state index is 0.0513. The van der Waals surface area contributed by atoms with E-state index in [1.54, 1.807) is 23.8 Å². The number of nitrogens with one attached hydrogen (secondary N) is 1. The van der Waals surface area contributed by atoms with Crippen LogP contribution in [0.1, 0.15) is 28.2 Å². The lowest BCUT2D eigenvalue weighted by atomic mass is 10.1. The maximum Gasteiger partial charge on any atom is 0.274 e. The van der Waals surface area contributed by atoms with E-state index in [0.717, 1.165) is 5.56 Å². The number of pyridine rings is 2. The maximum absolute atomic E-state index is 12.6. The van der Waals surface area contributed by atoms with Crippen LogP contribution in [0.25, 0.3) is 0 Å². The summed E-state index contributed by atoms with van der Waals surface area (Å²) in [6.07, 6.45) is 8.61. The molecule has 0 aliphatic carbocycles. The molecule has 0 spiro atoms. The third-order valence-corrected chi connectivity index (χ3v) is 5.32. The number of nitrogen functional groups attached to an aromatic ring is 1. The summed E-state index contributed by atoms with van der Waals surface area (Å²) in [5.74, 6) is -0.736. The van der Waals surface area contributed by atoms with Gasteiger partial charge in [-0.2, -0.15) is 0 Å². The number of aliphatic imine (C=N–C) groups is 1. The molecular formula is C23H33N9O3S. The van der Waals surface area contributed by atoms with E-state index in [1.807, 2.05) is 12.1 Å². The van der Waals surface area contributed by atoms with Crippen LogP contribution in [0, 0.1) is 0 Å². The summed E-state index contributed by atoms with van der Waals surface area (Å²) < 4.78 is 1.19. The zero-order chi connectivity index (χ0) is 26.8. The van der Waals surface area contributed by atoms with Gasteiger partial charge in [0.25, 0.3) is 5.56 Å².